The van der Waals surface area contributed by atoms with Crippen LogP contribution in [0.15, 0.2) is 4.99 Å². The van der Waals surface area contributed by atoms with Gasteiger partial charge in [0.15, 0.2) is 5.96 Å². The first kappa shape index (κ1) is 25.5. The number of hydrogen-bond donors (Lipinski definition) is 2. The third kappa shape index (κ3) is 9.29. The number of methoxy groups -OCH3 is 1. The minimum atomic E-state index is -0.0601. The van der Waals surface area contributed by atoms with Gasteiger partial charge in [0.1, 0.15) is 6.10 Å². The van der Waals surface area contributed by atoms with Crippen molar-refractivity contribution in [3.63, 3.8) is 0 Å². The molecule has 164 valence electrons. The lowest BCUT2D eigenvalue weighted by atomic mass is 9.83. The van der Waals surface area contributed by atoms with Crippen molar-refractivity contribution in [1.82, 2.24) is 10.6 Å². The first-order valence-corrected chi connectivity index (χ1v) is 10.9. The molecule has 2 fully saturated rings. The lowest BCUT2D eigenvalue weighted by Gasteiger charge is -2.27. The zero-order valence-corrected chi connectivity index (χ0v) is 20.1. The molecule has 0 radical (unpaired) electrons. The second-order valence-electron chi connectivity index (χ2n) is 8.07. The van der Waals surface area contributed by atoms with Gasteiger partial charge in [-0.2, -0.15) is 0 Å². The van der Waals surface area contributed by atoms with Gasteiger partial charge < -0.3 is 20.1 Å². The Morgan fingerprint density at radius 1 is 1.14 bits per heavy atom. The van der Waals surface area contributed by atoms with Crippen LogP contribution >= 0.6 is 24.0 Å². The first-order chi connectivity index (χ1) is 13.2. The Morgan fingerprint density at radius 3 is 2.50 bits per heavy atom. The molecule has 28 heavy (non-hydrogen) atoms. The Kier molecular flexibility index (Phi) is 13.1. The third-order valence-corrected chi connectivity index (χ3v) is 5.87. The number of ether oxygens (including phenoxy) is 2. The summed E-state index contributed by atoms with van der Waals surface area (Å²) >= 11 is 0. The molecule has 0 aromatic heterocycles. The lowest BCUT2D eigenvalue weighted by molar-refractivity contribution is -0.148. The number of rotatable bonds is 11. The van der Waals surface area contributed by atoms with Crippen LogP contribution in [-0.2, 0) is 14.3 Å². The molecule has 7 heteroatoms. The number of carbonyl (C=O) groups excluding carboxylic acids is 1. The average molecular weight is 509 g/mol. The minimum absolute atomic E-state index is 0. The average Bonchev–Trinajstić information content (AvgIpc) is 3.34. The Labute approximate surface area is 188 Å². The van der Waals surface area contributed by atoms with E-state index in [1.165, 1.54) is 38.5 Å². The fraction of sp³-hybridized carbons (Fsp3) is 0.905. The summed E-state index contributed by atoms with van der Waals surface area (Å²) in [6, 6.07) is 0. The fourth-order valence-electron chi connectivity index (χ4n) is 4.21. The van der Waals surface area contributed by atoms with E-state index < -0.39 is 0 Å². The van der Waals surface area contributed by atoms with Crippen LogP contribution in [-0.4, -0.2) is 51.4 Å². The Hall–Kier alpha value is -0.570. The molecule has 0 unspecified atom stereocenters. The number of guanidine groups is 1. The van der Waals surface area contributed by atoms with E-state index in [1.54, 1.807) is 7.11 Å². The normalized spacial score (nSPS) is 19.3. The van der Waals surface area contributed by atoms with Crippen LogP contribution in [0, 0.1) is 5.41 Å². The predicted octanol–water partition coefficient (Wildman–Crippen LogP) is 4.02. The highest BCUT2D eigenvalue weighted by atomic mass is 127. The molecule has 0 aromatic rings. The molecule has 0 spiro atoms. The van der Waals surface area contributed by atoms with Gasteiger partial charge in [-0.15, -0.1) is 24.0 Å². The van der Waals surface area contributed by atoms with Gasteiger partial charge in [0.05, 0.1) is 0 Å². The Balaban J connectivity index is 0.00000392. The van der Waals surface area contributed by atoms with Crippen molar-refractivity contribution in [1.29, 1.82) is 0 Å². The van der Waals surface area contributed by atoms with E-state index in [0.29, 0.717) is 11.8 Å². The van der Waals surface area contributed by atoms with E-state index in [1.807, 2.05) is 0 Å². The van der Waals surface area contributed by atoms with Crippen molar-refractivity contribution >= 4 is 35.9 Å². The van der Waals surface area contributed by atoms with Crippen molar-refractivity contribution in [3.05, 3.63) is 0 Å². The van der Waals surface area contributed by atoms with Crippen LogP contribution in [0.25, 0.3) is 0 Å². The quantitative estimate of drug-likeness (QED) is 0.145. The number of esters is 1. The molecule has 0 amide bonds. The van der Waals surface area contributed by atoms with Gasteiger partial charge in [0.25, 0.3) is 0 Å². The molecule has 0 heterocycles. The van der Waals surface area contributed by atoms with E-state index >= 15 is 0 Å². The highest BCUT2D eigenvalue weighted by Gasteiger charge is 2.33. The molecule has 2 rings (SSSR count). The molecule has 6 nitrogen and oxygen atoms in total. The summed E-state index contributed by atoms with van der Waals surface area (Å²) in [5.74, 6) is 0.792. The molecule has 0 atom stereocenters. The molecular formula is C21H40IN3O3. The molecule has 2 saturated carbocycles. The zero-order chi connectivity index (χ0) is 19.4. The SMILES string of the molecule is CCNC(=NCC1(CCOC)CCCC1)NCCCC(=O)OC1CCCC1.I. The monoisotopic (exact) mass is 509 g/mol. The van der Waals surface area contributed by atoms with Gasteiger partial charge in [-0.05, 0) is 63.7 Å². The van der Waals surface area contributed by atoms with Crippen molar-refractivity contribution < 1.29 is 14.3 Å². The molecule has 0 aromatic carbocycles. The van der Waals surface area contributed by atoms with Crippen LogP contribution in [0.4, 0.5) is 0 Å². The van der Waals surface area contributed by atoms with Crippen LogP contribution in [0.3, 0.4) is 0 Å². The standard InChI is InChI=1S/C21H39N3O3.HI/c1-3-22-20(24-17-21(14-16-26-2)12-6-7-13-21)23-15-8-11-19(25)27-18-9-4-5-10-18;/h18H,3-17H2,1-2H3,(H2,22,23,24);1H. The molecule has 2 N–H and O–H groups in total. The smallest absolute Gasteiger partial charge is 0.306 e. The first-order valence-electron chi connectivity index (χ1n) is 10.9. The second kappa shape index (κ2) is 14.4. The van der Waals surface area contributed by atoms with E-state index in [4.69, 9.17) is 14.5 Å². The maximum atomic E-state index is 11.9. The second-order valence-corrected chi connectivity index (χ2v) is 8.07. The molecule has 0 saturated heterocycles. The van der Waals surface area contributed by atoms with Crippen LogP contribution in [0.1, 0.15) is 77.6 Å². The molecular weight excluding hydrogens is 469 g/mol. The zero-order valence-electron chi connectivity index (χ0n) is 17.8. The summed E-state index contributed by atoms with van der Waals surface area (Å²) in [5, 5.41) is 6.69. The van der Waals surface area contributed by atoms with Crippen LogP contribution < -0.4 is 10.6 Å². The van der Waals surface area contributed by atoms with E-state index in [-0.39, 0.29) is 36.0 Å². The topological polar surface area (TPSA) is 72.0 Å². The summed E-state index contributed by atoms with van der Waals surface area (Å²) in [5.41, 5.74) is 0.295. The van der Waals surface area contributed by atoms with Gasteiger partial charge in [0, 0.05) is 39.8 Å². The number of carbonyl (C=O) groups is 1. The number of halogens is 1. The fourth-order valence-corrected chi connectivity index (χ4v) is 4.21. The molecule has 2 aliphatic rings. The number of aliphatic imine (C=N–C) groups is 1. The number of nitrogens with one attached hydrogen (secondary N) is 2. The molecule has 2 aliphatic carbocycles. The maximum absolute atomic E-state index is 11.9. The van der Waals surface area contributed by atoms with Gasteiger partial charge >= 0.3 is 5.97 Å². The highest BCUT2D eigenvalue weighted by Crippen LogP contribution is 2.41. The van der Waals surface area contributed by atoms with Gasteiger partial charge in [-0.1, -0.05) is 12.8 Å². The Bertz CT molecular complexity index is 462. The number of nitrogens with zero attached hydrogens (tertiary/aromatic N) is 1. The third-order valence-electron chi connectivity index (χ3n) is 5.87. The van der Waals surface area contributed by atoms with Crippen molar-refractivity contribution in [2.24, 2.45) is 10.4 Å². The lowest BCUT2D eigenvalue weighted by Crippen LogP contribution is -2.39. The van der Waals surface area contributed by atoms with Gasteiger partial charge in [0.2, 0.25) is 0 Å². The van der Waals surface area contributed by atoms with Crippen LogP contribution in [0.5, 0.6) is 0 Å². The summed E-state index contributed by atoms with van der Waals surface area (Å²) in [6.07, 6.45) is 12.0. The van der Waals surface area contributed by atoms with Crippen molar-refractivity contribution in [2.75, 3.05) is 33.4 Å². The Morgan fingerprint density at radius 2 is 1.86 bits per heavy atom. The highest BCUT2D eigenvalue weighted by molar-refractivity contribution is 14.0. The van der Waals surface area contributed by atoms with E-state index in [0.717, 1.165) is 57.9 Å². The number of hydrogen-bond acceptors (Lipinski definition) is 4. The predicted molar refractivity (Wildman–Crippen MR) is 124 cm³/mol. The summed E-state index contributed by atoms with van der Waals surface area (Å²) in [4.78, 5) is 16.7. The molecule has 0 aliphatic heterocycles. The minimum Gasteiger partial charge on any atom is -0.462 e. The van der Waals surface area contributed by atoms with Crippen LogP contribution in [0.2, 0.25) is 0 Å². The summed E-state index contributed by atoms with van der Waals surface area (Å²) in [7, 11) is 1.77. The molecule has 0 bridgehead atoms. The maximum Gasteiger partial charge on any atom is 0.306 e. The van der Waals surface area contributed by atoms with E-state index in [2.05, 4.69) is 17.6 Å². The van der Waals surface area contributed by atoms with Gasteiger partial charge in [-0.25, -0.2) is 0 Å². The van der Waals surface area contributed by atoms with Gasteiger partial charge in [-0.3, -0.25) is 9.79 Å². The van der Waals surface area contributed by atoms with Crippen molar-refractivity contribution in [2.45, 2.75) is 83.7 Å². The largest absolute Gasteiger partial charge is 0.462 e. The summed E-state index contributed by atoms with van der Waals surface area (Å²) in [6.45, 7) is 5.29. The summed E-state index contributed by atoms with van der Waals surface area (Å²) < 4.78 is 10.8. The van der Waals surface area contributed by atoms with Crippen molar-refractivity contribution in [3.8, 4) is 0 Å². The van der Waals surface area contributed by atoms with E-state index in [9.17, 15) is 4.79 Å².